The first-order valence-corrected chi connectivity index (χ1v) is 9.31. The lowest BCUT2D eigenvalue weighted by atomic mass is 10.1. The van der Waals surface area contributed by atoms with Gasteiger partial charge in [0.05, 0.1) is 6.04 Å². The SMILES string of the molecule is Cc1cc(Nc2nc(C(NC3CC3)c3ccc(F)cc3)nn3cccc23)n[nH]1. The third-order valence-corrected chi connectivity index (χ3v) is 4.80. The van der Waals surface area contributed by atoms with Crippen molar-refractivity contribution in [2.45, 2.75) is 31.8 Å². The molecule has 3 N–H and O–H groups in total. The molecule has 5 rings (SSSR count). The van der Waals surface area contributed by atoms with Crippen LogP contribution in [0.3, 0.4) is 0 Å². The minimum atomic E-state index is -0.257. The van der Waals surface area contributed by atoms with Crippen molar-refractivity contribution >= 4 is 17.2 Å². The molecule has 1 unspecified atom stereocenters. The number of nitrogens with one attached hydrogen (secondary N) is 3. The van der Waals surface area contributed by atoms with Gasteiger partial charge in [-0.15, -0.1) is 0 Å². The summed E-state index contributed by atoms with van der Waals surface area (Å²) in [5, 5.41) is 18.7. The van der Waals surface area contributed by atoms with Crippen LogP contribution in [0.25, 0.3) is 5.52 Å². The highest BCUT2D eigenvalue weighted by Crippen LogP contribution is 2.29. The highest BCUT2D eigenvalue weighted by Gasteiger charge is 2.28. The Morgan fingerprint density at radius 3 is 2.75 bits per heavy atom. The van der Waals surface area contributed by atoms with Gasteiger partial charge in [0.1, 0.15) is 11.3 Å². The van der Waals surface area contributed by atoms with Crippen LogP contribution in [0.2, 0.25) is 0 Å². The van der Waals surface area contributed by atoms with Gasteiger partial charge >= 0.3 is 0 Å². The highest BCUT2D eigenvalue weighted by atomic mass is 19.1. The lowest BCUT2D eigenvalue weighted by Crippen LogP contribution is -2.27. The molecule has 1 fully saturated rings. The molecule has 4 aromatic rings. The predicted octanol–water partition coefficient (Wildman–Crippen LogP) is 3.48. The maximum Gasteiger partial charge on any atom is 0.173 e. The first-order chi connectivity index (χ1) is 13.7. The third kappa shape index (κ3) is 3.34. The Hall–Kier alpha value is -3.26. The fraction of sp³-hybridized carbons (Fsp3) is 0.250. The normalized spacial score (nSPS) is 15.1. The standard InChI is InChI=1S/C20H20FN7/c1-12-11-17(26-25-12)23-19-16-3-2-10-28(16)27-20(24-19)18(22-15-8-9-15)13-4-6-14(21)7-5-13/h2-7,10-11,15,18,22H,8-9H2,1H3,(H2,23,24,25,26,27). The molecule has 1 saturated carbocycles. The first-order valence-electron chi connectivity index (χ1n) is 9.31. The smallest absolute Gasteiger partial charge is 0.173 e. The number of hydrogen-bond acceptors (Lipinski definition) is 5. The Balaban J connectivity index is 1.58. The summed E-state index contributed by atoms with van der Waals surface area (Å²) in [6, 6.07) is 12.5. The Morgan fingerprint density at radius 1 is 1.21 bits per heavy atom. The van der Waals surface area contributed by atoms with E-state index >= 15 is 0 Å². The quantitative estimate of drug-likeness (QED) is 0.479. The molecule has 8 heteroatoms. The number of rotatable bonds is 6. The fourth-order valence-electron chi connectivity index (χ4n) is 3.23. The molecule has 0 amide bonds. The average Bonchev–Trinajstić information content (AvgIpc) is 3.21. The Bertz CT molecular complexity index is 1110. The minimum absolute atomic E-state index is 0.221. The van der Waals surface area contributed by atoms with Crippen LogP contribution in [0.1, 0.15) is 36.0 Å². The van der Waals surface area contributed by atoms with Crippen LogP contribution < -0.4 is 10.6 Å². The van der Waals surface area contributed by atoms with Gasteiger partial charge in [-0.1, -0.05) is 12.1 Å². The van der Waals surface area contributed by atoms with Crippen LogP contribution in [0, 0.1) is 12.7 Å². The van der Waals surface area contributed by atoms with Crippen molar-refractivity contribution in [1.82, 2.24) is 30.1 Å². The van der Waals surface area contributed by atoms with Crippen molar-refractivity contribution in [2.75, 3.05) is 5.32 Å². The Labute approximate surface area is 161 Å². The molecule has 3 aromatic heterocycles. The maximum absolute atomic E-state index is 13.4. The molecule has 3 heterocycles. The molecular formula is C20H20FN7. The van der Waals surface area contributed by atoms with Gasteiger partial charge in [0.2, 0.25) is 0 Å². The second-order valence-corrected chi connectivity index (χ2v) is 7.14. The van der Waals surface area contributed by atoms with Gasteiger partial charge in [0.25, 0.3) is 0 Å². The third-order valence-electron chi connectivity index (χ3n) is 4.80. The van der Waals surface area contributed by atoms with E-state index in [1.165, 1.54) is 12.1 Å². The number of anilines is 2. The van der Waals surface area contributed by atoms with E-state index in [2.05, 4.69) is 20.8 Å². The molecule has 0 spiro atoms. The molecule has 142 valence electrons. The van der Waals surface area contributed by atoms with E-state index in [9.17, 15) is 4.39 Å². The van der Waals surface area contributed by atoms with Crippen LogP contribution in [0.5, 0.6) is 0 Å². The van der Waals surface area contributed by atoms with Crippen LogP contribution in [-0.2, 0) is 0 Å². The largest absolute Gasteiger partial charge is 0.322 e. The number of benzene rings is 1. The van der Waals surface area contributed by atoms with E-state index in [0.717, 1.165) is 29.6 Å². The average molecular weight is 377 g/mol. The summed E-state index contributed by atoms with van der Waals surface area (Å²) in [7, 11) is 0. The van der Waals surface area contributed by atoms with Crippen LogP contribution in [-0.4, -0.2) is 30.8 Å². The van der Waals surface area contributed by atoms with E-state index in [-0.39, 0.29) is 11.9 Å². The van der Waals surface area contributed by atoms with Gasteiger partial charge in [0, 0.05) is 24.0 Å². The molecule has 0 radical (unpaired) electrons. The Morgan fingerprint density at radius 2 is 2.04 bits per heavy atom. The van der Waals surface area contributed by atoms with Gasteiger partial charge in [-0.3, -0.25) is 5.10 Å². The van der Waals surface area contributed by atoms with Crippen molar-refractivity contribution in [1.29, 1.82) is 0 Å². The lowest BCUT2D eigenvalue weighted by molar-refractivity contribution is 0.558. The van der Waals surface area contributed by atoms with Crippen molar-refractivity contribution in [3.8, 4) is 0 Å². The number of halogens is 1. The molecule has 0 saturated heterocycles. The van der Waals surface area contributed by atoms with Crippen LogP contribution in [0.15, 0.2) is 48.7 Å². The molecule has 1 aliphatic carbocycles. The maximum atomic E-state index is 13.4. The number of nitrogens with zero attached hydrogens (tertiary/aromatic N) is 4. The predicted molar refractivity (Wildman–Crippen MR) is 104 cm³/mol. The number of H-pyrrole nitrogens is 1. The molecule has 7 nitrogen and oxygen atoms in total. The van der Waals surface area contributed by atoms with Crippen molar-refractivity contribution in [3.63, 3.8) is 0 Å². The molecule has 1 aromatic carbocycles. The Kier molecular flexibility index (Phi) is 4.05. The molecule has 1 atom stereocenters. The summed E-state index contributed by atoms with van der Waals surface area (Å²) in [5.74, 6) is 1.73. The van der Waals surface area contributed by atoms with E-state index in [1.807, 2.05) is 31.3 Å². The topological polar surface area (TPSA) is 82.9 Å². The van der Waals surface area contributed by atoms with E-state index < -0.39 is 0 Å². The zero-order chi connectivity index (χ0) is 19.1. The summed E-state index contributed by atoms with van der Waals surface area (Å²) in [6.07, 6.45) is 4.14. The minimum Gasteiger partial charge on any atom is -0.322 e. The molecule has 1 aliphatic rings. The van der Waals surface area contributed by atoms with Gasteiger partial charge in [0.15, 0.2) is 17.5 Å². The number of fused-ring (bicyclic) bond motifs is 1. The lowest BCUT2D eigenvalue weighted by Gasteiger charge is -2.19. The molecule has 28 heavy (non-hydrogen) atoms. The second-order valence-electron chi connectivity index (χ2n) is 7.14. The molecule has 0 bridgehead atoms. The van der Waals surface area contributed by atoms with E-state index in [0.29, 0.717) is 23.5 Å². The van der Waals surface area contributed by atoms with E-state index in [1.54, 1.807) is 16.6 Å². The number of aryl methyl sites for hydroxylation is 1. The zero-order valence-corrected chi connectivity index (χ0v) is 15.4. The van der Waals surface area contributed by atoms with Gasteiger partial charge in [-0.2, -0.15) is 10.2 Å². The van der Waals surface area contributed by atoms with Crippen molar-refractivity contribution in [2.24, 2.45) is 0 Å². The summed E-state index contributed by atoms with van der Waals surface area (Å²) >= 11 is 0. The van der Waals surface area contributed by atoms with Crippen molar-refractivity contribution < 1.29 is 4.39 Å². The number of aromatic nitrogens is 5. The van der Waals surface area contributed by atoms with Gasteiger partial charge < -0.3 is 10.6 Å². The summed E-state index contributed by atoms with van der Waals surface area (Å²) in [4.78, 5) is 4.80. The molecule has 0 aliphatic heterocycles. The molecular weight excluding hydrogens is 357 g/mol. The van der Waals surface area contributed by atoms with E-state index in [4.69, 9.17) is 10.1 Å². The van der Waals surface area contributed by atoms with Crippen molar-refractivity contribution in [3.05, 3.63) is 71.6 Å². The summed E-state index contributed by atoms with van der Waals surface area (Å²) in [6.45, 7) is 1.95. The number of aromatic amines is 1. The zero-order valence-electron chi connectivity index (χ0n) is 15.4. The summed E-state index contributed by atoms with van der Waals surface area (Å²) < 4.78 is 15.2. The van der Waals surface area contributed by atoms with Gasteiger partial charge in [-0.25, -0.2) is 13.9 Å². The van der Waals surface area contributed by atoms with Crippen LogP contribution in [0.4, 0.5) is 16.0 Å². The first kappa shape index (κ1) is 16.9. The van der Waals surface area contributed by atoms with Crippen LogP contribution >= 0.6 is 0 Å². The number of hydrogen-bond donors (Lipinski definition) is 3. The summed E-state index contributed by atoms with van der Waals surface area (Å²) in [5.41, 5.74) is 2.75. The highest BCUT2D eigenvalue weighted by molar-refractivity contribution is 5.72. The fourth-order valence-corrected chi connectivity index (χ4v) is 3.23. The monoisotopic (exact) mass is 377 g/mol. The second kappa shape index (κ2) is 6.72. The van der Waals surface area contributed by atoms with Gasteiger partial charge in [-0.05, 0) is 49.6 Å².